The average molecular weight is 454 g/mol. The summed E-state index contributed by atoms with van der Waals surface area (Å²) in [7, 11) is 0. The molecule has 0 aliphatic carbocycles. The Hall–Kier alpha value is -4.65. The Morgan fingerprint density at radius 1 is 1.03 bits per heavy atom. The number of carbonyl (C=O) groups is 1. The van der Waals surface area contributed by atoms with Gasteiger partial charge < -0.3 is 15.1 Å². The van der Waals surface area contributed by atoms with Gasteiger partial charge in [-0.2, -0.15) is 5.26 Å². The third-order valence-electron chi connectivity index (χ3n) is 5.75. The molecule has 1 aliphatic rings. The number of amides is 1. The lowest BCUT2D eigenvalue weighted by Gasteiger charge is -2.36. The van der Waals surface area contributed by atoms with Crippen LogP contribution in [-0.4, -0.2) is 51.3 Å². The van der Waals surface area contributed by atoms with Crippen LogP contribution in [0, 0.1) is 11.3 Å². The van der Waals surface area contributed by atoms with Gasteiger partial charge in [0.25, 0.3) is 0 Å². The molecule has 0 saturated carbocycles. The number of nitrogens with one attached hydrogen (secondary N) is 1. The summed E-state index contributed by atoms with van der Waals surface area (Å²) < 4.78 is 2.54. The van der Waals surface area contributed by atoms with Gasteiger partial charge in [0.2, 0.25) is 11.6 Å². The quantitative estimate of drug-likeness (QED) is 0.489. The number of benzene rings is 2. The summed E-state index contributed by atoms with van der Waals surface area (Å²) in [5.74, 6) is 0.208. The van der Waals surface area contributed by atoms with Crippen molar-refractivity contribution in [1.29, 1.82) is 5.26 Å². The van der Waals surface area contributed by atoms with Crippen LogP contribution in [0.4, 0.5) is 17.2 Å². The minimum Gasteiger partial charge on any atom is -0.368 e. The number of carbonyl (C=O) groups excluding carboxylic acids is 1. The monoisotopic (exact) mass is 454 g/mol. The number of piperazine rings is 1. The lowest BCUT2D eigenvalue weighted by atomic mass is 10.2. The van der Waals surface area contributed by atoms with Gasteiger partial charge in [-0.05, 0) is 30.3 Å². The summed E-state index contributed by atoms with van der Waals surface area (Å²) in [5, 5.41) is 16.1. The largest absolute Gasteiger partial charge is 0.368 e. The highest BCUT2D eigenvalue weighted by molar-refractivity contribution is 5.90. The summed E-state index contributed by atoms with van der Waals surface area (Å²) in [4.78, 5) is 34.3. The number of para-hydroxylation sites is 1. The standard InChI is InChI=1S/C24H22N8O2/c25-16-18-5-4-6-19(15-18)27-21(33)17-32-24(34)31-10-9-26-22(23(31)28-32)30-13-11-29(12-14-30)20-7-2-1-3-8-20/h1-10,15H,11-14,17H2,(H,27,33). The lowest BCUT2D eigenvalue weighted by molar-refractivity contribution is -0.117. The van der Waals surface area contributed by atoms with Crippen LogP contribution in [-0.2, 0) is 11.3 Å². The van der Waals surface area contributed by atoms with Crippen LogP contribution in [0.15, 0.2) is 71.8 Å². The van der Waals surface area contributed by atoms with Gasteiger partial charge in [0.05, 0.1) is 11.6 Å². The smallest absolute Gasteiger partial charge is 0.350 e. The number of fused-ring (bicyclic) bond motifs is 1. The van der Waals surface area contributed by atoms with E-state index < -0.39 is 11.6 Å². The van der Waals surface area contributed by atoms with Crippen LogP contribution in [0.1, 0.15) is 5.56 Å². The van der Waals surface area contributed by atoms with Crippen molar-refractivity contribution >= 4 is 28.7 Å². The van der Waals surface area contributed by atoms with Crippen molar-refractivity contribution in [2.75, 3.05) is 41.3 Å². The normalized spacial score (nSPS) is 13.6. The number of nitrogens with zero attached hydrogens (tertiary/aromatic N) is 7. The number of hydrogen-bond acceptors (Lipinski definition) is 7. The van der Waals surface area contributed by atoms with Crippen LogP contribution in [0.2, 0.25) is 0 Å². The molecule has 1 fully saturated rings. The molecule has 10 nitrogen and oxygen atoms in total. The number of nitriles is 1. The van der Waals surface area contributed by atoms with E-state index >= 15 is 0 Å². The van der Waals surface area contributed by atoms with E-state index in [9.17, 15) is 9.59 Å². The van der Waals surface area contributed by atoms with E-state index in [1.807, 2.05) is 24.3 Å². The van der Waals surface area contributed by atoms with Gasteiger partial charge in [0.1, 0.15) is 6.54 Å². The van der Waals surface area contributed by atoms with E-state index in [0.29, 0.717) is 22.7 Å². The molecule has 0 spiro atoms. The van der Waals surface area contributed by atoms with Crippen molar-refractivity contribution < 1.29 is 4.79 Å². The summed E-state index contributed by atoms with van der Waals surface area (Å²) in [6, 6.07) is 18.9. The van der Waals surface area contributed by atoms with E-state index in [4.69, 9.17) is 5.26 Å². The molecule has 1 amide bonds. The third-order valence-corrected chi connectivity index (χ3v) is 5.75. The lowest BCUT2D eigenvalue weighted by Crippen LogP contribution is -2.47. The van der Waals surface area contributed by atoms with Crippen molar-refractivity contribution in [2.24, 2.45) is 0 Å². The molecule has 0 unspecified atom stereocenters. The fourth-order valence-corrected chi connectivity index (χ4v) is 4.08. The maximum Gasteiger partial charge on any atom is 0.350 e. The molecule has 2 aromatic carbocycles. The zero-order valence-corrected chi connectivity index (χ0v) is 18.3. The van der Waals surface area contributed by atoms with Gasteiger partial charge in [-0.1, -0.05) is 24.3 Å². The maximum absolute atomic E-state index is 12.9. The number of hydrogen-bond donors (Lipinski definition) is 1. The first-order valence-electron chi connectivity index (χ1n) is 10.9. The van der Waals surface area contributed by atoms with Gasteiger partial charge in [-0.3, -0.25) is 4.79 Å². The number of rotatable bonds is 5. The molecular formula is C24H22N8O2. The van der Waals surface area contributed by atoms with Crippen LogP contribution in [0.25, 0.3) is 5.65 Å². The summed E-state index contributed by atoms with van der Waals surface area (Å²) in [6.07, 6.45) is 3.13. The highest BCUT2D eigenvalue weighted by Gasteiger charge is 2.22. The topological polar surface area (TPSA) is 112 Å². The fraction of sp³-hybridized carbons (Fsp3) is 0.208. The highest BCUT2D eigenvalue weighted by Crippen LogP contribution is 2.21. The molecule has 5 rings (SSSR count). The van der Waals surface area contributed by atoms with Crippen molar-refractivity contribution in [2.45, 2.75) is 6.54 Å². The Morgan fingerprint density at radius 3 is 2.56 bits per heavy atom. The number of anilines is 3. The fourth-order valence-electron chi connectivity index (χ4n) is 4.08. The molecular weight excluding hydrogens is 432 g/mol. The molecule has 0 bridgehead atoms. The summed E-state index contributed by atoms with van der Waals surface area (Å²) >= 11 is 0. The van der Waals surface area contributed by atoms with Crippen molar-refractivity contribution in [1.82, 2.24) is 19.2 Å². The minimum absolute atomic E-state index is 0.251. The first kappa shape index (κ1) is 21.2. The Bertz CT molecular complexity index is 1430. The predicted octanol–water partition coefficient (Wildman–Crippen LogP) is 1.73. The molecule has 2 aromatic heterocycles. The average Bonchev–Trinajstić information content (AvgIpc) is 3.19. The molecule has 10 heteroatoms. The predicted molar refractivity (Wildman–Crippen MR) is 128 cm³/mol. The number of aromatic nitrogens is 4. The highest BCUT2D eigenvalue weighted by atomic mass is 16.2. The third kappa shape index (κ3) is 4.19. The molecule has 0 radical (unpaired) electrons. The van der Waals surface area contributed by atoms with Crippen LogP contribution in [0.3, 0.4) is 0 Å². The minimum atomic E-state index is -0.414. The second-order valence-corrected chi connectivity index (χ2v) is 7.94. The first-order valence-corrected chi connectivity index (χ1v) is 10.9. The Labute approximate surface area is 195 Å². The first-order chi connectivity index (χ1) is 16.6. The van der Waals surface area contributed by atoms with Gasteiger partial charge in [-0.15, -0.1) is 5.10 Å². The summed E-state index contributed by atoms with van der Waals surface area (Å²) in [6.45, 7) is 2.86. The Kier molecular flexibility index (Phi) is 5.66. The molecule has 1 aliphatic heterocycles. The zero-order valence-electron chi connectivity index (χ0n) is 18.3. The van der Waals surface area contributed by atoms with Gasteiger partial charge >= 0.3 is 5.69 Å². The van der Waals surface area contributed by atoms with Gasteiger partial charge in [-0.25, -0.2) is 18.9 Å². The molecule has 1 N–H and O–H groups in total. The summed E-state index contributed by atoms with van der Waals surface area (Å²) in [5.41, 5.74) is 2.10. The van der Waals surface area contributed by atoms with Gasteiger partial charge in [0, 0.05) is 49.9 Å². The van der Waals surface area contributed by atoms with E-state index in [-0.39, 0.29) is 6.54 Å². The van der Waals surface area contributed by atoms with Crippen molar-refractivity contribution in [3.8, 4) is 6.07 Å². The SMILES string of the molecule is N#Cc1cccc(NC(=O)Cn2nc3c(N4CCN(c5ccccc5)CC4)nccn3c2=O)c1. The molecule has 3 heterocycles. The molecule has 4 aromatic rings. The van der Waals surface area contributed by atoms with Crippen LogP contribution >= 0.6 is 0 Å². The van der Waals surface area contributed by atoms with Crippen molar-refractivity contribution in [3.05, 3.63) is 83.0 Å². The maximum atomic E-state index is 12.9. The van der Waals surface area contributed by atoms with E-state index in [2.05, 4.69) is 37.3 Å². The van der Waals surface area contributed by atoms with Crippen molar-refractivity contribution in [3.63, 3.8) is 0 Å². The molecule has 0 atom stereocenters. The second kappa shape index (κ2) is 9.07. The van der Waals surface area contributed by atoms with Gasteiger partial charge in [0.15, 0.2) is 5.82 Å². The second-order valence-electron chi connectivity index (χ2n) is 7.94. The Balaban J connectivity index is 1.33. The zero-order chi connectivity index (χ0) is 23.5. The molecule has 170 valence electrons. The molecule has 34 heavy (non-hydrogen) atoms. The van der Waals surface area contributed by atoms with Crippen LogP contribution in [0.5, 0.6) is 0 Å². The molecule has 1 saturated heterocycles. The van der Waals surface area contributed by atoms with E-state index in [0.717, 1.165) is 30.9 Å². The van der Waals surface area contributed by atoms with Crippen LogP contribution < -0.4 is 20.8 Å². The van der Waals surface area contributed by atoms with E-state index in [1.54, 1.807) is 36.7 Å². The van der Waals surface area contributed by atoms with E-state index in [1.165, 1.54) is 10.1 Å². The Morgan fingerprint density at radius 2 is 1.79 bits per heavy atom.